The second-order valence-corrected chi connectivity index (χ2v) is 7.71. The van der Waals surface area contributed by atoms with E-state index < -0.39 is 5.82 Å². The molecular formula is C19H21FO3. The Morgan fingerprint density at radius 3 is 2.26 bits per heavy atom. The highest BCUT2D eigenvalue weighted by atomic mass is 19.1. The molecule has 0 unspecified atom stereocenters. The van der Waals surface area contributed by atoms with E-state index in [1.807, 2.05) is 0 Å². The number of carbonyl (C=O) groups excluding carboxylic acids is 2. The Kier molecular flexibility index (Phi) is 3.51. The van der Waals surface area contributed by atoms with Gasteiger partial charge in [0.1, 0.15) is 5.82 Å². The first-order valence-electron chi connectivity index (χ1n) is 8.50. The molecule has 0 atom stereocenters. The van der Waals surface area contributed by atoms with Gasteiger partial charge in [-0.15, -0.1) is 0 Å². The molecule has 23 heavy (non-hydrogen) atoms. The average Bonchev–Trinajstić information content (AvgIpc) is 2.51. The standard InChI is InChI=1S/C19H21FO3/c20-16-3-1-2-15(7-16)17(21)11-23-18(22)19-8-12-4-13(9-19)6-14(5-12)10-19/h1-3,7,12-14H,4-6,8-11H2. The number of hydrogen-bond donors (Lipinski definition) is 0. The second kappa shape index (κ2) is 5.43. The maximum Gasteiger partial charge on any atom is 0.312 e. The van der Waals surface area contributed by atoms with E-state index in [0.717, 1.165) is 19.3 Å². The van der Waals surface area contributed by atoms with Crippen LogP contribution in [0.1, 0.15) is 48.9 Å². The first-order chi connectivity index (χ1) is 11.0. The molecule has 5 rings (SSSR count). The van der Waals surface area contributed by atoms with Crippen molar-refractivity contribution < 1.29 is 18.7 Å². The maximum atomic E-state index is 13.2. The molecule has 4 heteroatoms. The molecule has 4 bridgehead atoms. The molecule has 0 spiro atoms. The van der Waals surface area contributed by atoms with Gasteiger partial charge in [0.2, 0.25) is 0 Å². The Morgan fingerprint density at radius 1 is 1.09 bits per heavy atom. The number of Topliss-reactive ketones (excluding diaryl/α,β-unsaturated/α-hetero) is 1. The van der Waals surface area contributed by atoms with Gasteiger partial charge in [0.15, 0.2) is 12.4 Å². The fourth-order valence-corrected chi connectivity index (χ4v) is 5.39. The lowest BCUT2D eigenvalue weighted by atomic mass is 9.49. The topological polar surface area (TPSA) is 43.4 Å². The number of benzene rings is 1. The first kappa shape index (κ1) is 14.9. The third-order valence-electron chi connectivity index (χ3n) is 5.95. The summed E-state index contributed by atoms with van der Waals surface area (Å²) in [6, 6.07) is 5.51. The van der Waals surface area contributed by atoms with Crippen LogP contribution in [0.4, 0.5) is 4.39 Å². The quantitative estimate of drug-likeness (QED) is 0.627. The number of rotatable bonds is 4. The van der Waals surface area contributed by atoms with Crippen LogP contribution in [0.25, 0.3) is 0 Å². The molecule has 0 heterocycles. The van der Waals surface area contributed by atoms with Gasteiger partial charge in [-0.25, -0.2) is 4.39 Å². The summed E-state index contributed by atoms with van der Waals surface area (Å²) in [5.74, 6) is 0.973. The van der Waals surface area contributed by atoms with Gasteiger partial charge in [-0.1, -0.05) is 12.1 Å². The summed E-state index contributed by atoms with van der Waals surface area (Å²) in [5, 5.41) is 0. The Labute approximate surface area is 135 Å². The molecule has 3 nitrogen and oxygen atoms in total. The molecule has 1 aromatic rings. The minimum atomic E-state index is -0.455. The molecular weight excluding hydrogens is 295 g/mol. The molecule has 4 saturated carbocycles. The minimum Gasteiger partial charge on any atom is -0.457 e. The zero-order valence-electron chi connectivity index (χ0n) is 13.1. The van der Waals surface area contributed by atoms with Crippen molar-refractivity contribution in [1.82, 2.24) is 0 Å². The Morgan fingerprint density at radius 2 is 1.70 bits per heavy atom. The van der Waals surface area contributed by atoms with Crippen LogP contribution in [0.5, 0.6) is 0 Å². The highest BCUT2D eigenvalue weighted by Gasteiger charge is 2.55. The highest BCUT2D eigenvalue weighted by molar-refractivity contribution is 5.98. The van der Waals surface area contributed by atoms with Gasteiger partial charge >= 0.3 is 5.97 Å². The molecule has 4 fully saturated rings. The van der Waals surface area contributed by atoms with Gasteiger partial charge < -0.3 is 4.74 Å². The Hall–Kier alpha value is -1.71. The number of hydrogen-bond acceptors (Lipinski definition) is 3. The van der Waals surface area contributed by atoms with Crippen LogP contribution in [0, 0.1) is 29.0 Å². The van der Waals surface area contributed by atoms with Gasteiger partial charge in [0.05, 0.1) is 5.41 Å². The lowest BCUT2D eigenvalue weighted by Gasteiger charge is -2.55. The number of esters is 1. The van der Waals surface area contributed by atoms with Gasteiger partial charge in [-0.05, 0) is 68.4 Å². The molecule has 0 aromatic heterocycles. The van der Waals surface area contributed by atoms with Crippen molar-refractivity contribution >= 4 is 11.8 Å². The zero-order valence-corrected chi connectivity index (χ0v) is 13.1. The molecule has 0 aliphatic heterocycles. The van der Waals surface area contributed by atoms with E-state index in [-0.39, 0.29) is 29.3 Å². The summed E-state index contributed by atoms with van der Waals surface area (Å²) < 4.78 is 18.5. The van der Waals surface area contributed by atoms with Crippen LogP contribution in [0.15, 0.2) is 24.3 Å². The van der Waals surface area contributed by atoms with Gasteiger partial charge in [0, 0.05) is 5.56 Å². The van der Waals surface area contributed by atoms with E-state index in [9.17, 15) is 14.0 Å². The number of ether oxygens (including phenoxy) is 1. The van der Waals surface area contributed by atoms with Gasteiger partial charge in [-0.3, -0.25) is 9.59 Å². The first-order valence-corrected chi connectivity index (χ1v) is 8.50. The molecule has 1 aromatic carbocycles. The number of ketones is 1. The summed E-state index contributed by atoms with van der Waals surface area (Å²) in [4.78, 5) is 24.7. The van der Waals surface area contributed by atoms with Crippen LogP contribution < -0.4 is 0 Å². The molecule has 0 radical (unpaired) electrons. The summed E-state index contributed by atoms with van der Waals surface area (Å²) in [7, 11) is 0. The second-order valence-electron chi connectivity index (χ2n) is 7.71. The molecule has 4 aliphatic carbocycles. The van der Waals surface area contributed by atoms with Crippen LogP contribution >= 0.6 is 0 Å². The number of halogens is 1. The van der Waals surface area contributed by atoms with E-state index >= 15 is 0 Å². The molecule has 0 N–H and O–H groups in total. The van der Waals surface area contributed by atoms with E-state index in [1.165, 1.54) is 37.5 Å². The molecule has 0 saturated heterocycles. The summed E-state index contributed by atoms with van der Waals surface area (Å²) in [6.45, 7) is -0.288. The zero-order chi connectivity index (χ0) is 16.0. The molecule has 4 aliphatic rings. The van der Waals surface area contributed by atoms with Crippen LogP contribution in [0.2, 0.25) is 0 Å². The van der Waals surface area contributed by atoms with E-state index in [0.29, 0.717) is 17.8 Å². The predicted octanol–water partition coefficient (Wildman–Crippen LogP) is 3.77. The highest BCUT2D eigenvalue weighted by Crippen LogP contribution is 2.60. The normalized spacial score (nSPS) is 34.4. The smallest absolute Gasteiger partial charge is 0.312 e. The van der Waals surface area contributed by atoms with Crippen molar-refractivity contribution in [3.8, 4) is 0 Å². The number of carbonyl (C=O) groups is 2. The van der Waals surface area contributed by atoms with Gasteiger partial charge in [0.25, 0.3) is 0 Å². The average molecular weight is 316 g/mol. The van der Waals surface area contributed by atoms with Crippen LogP contribution in [0.3, 0.4) is 0 Å². The van der Waals surface area contributed by atoms with E-state index in [1.54, 1.807) is 6.07 Å². The van der Waals surface area contributed by atoms with E-state index in [2.05, 4.69) is 0 Å². The van der Waals surface area contributed by atoms with Crippen LogP contribution in [-0.4, -0.2) is 18.4 Å². The van der Waals surface area contributed by atoms with Crippen molar-refractivity contribution in [3.05, 3.63) is 35.6 Å². The summed E-state index contributed by atoms with van der Waals surface area (Å²) in [5.41, 5.74) is -0.0972. The van der Waals surface area contributed by atoms with E-state index in [4.69, 9.17) is 4.74 Å². The maximum absolute atomic E-state index is 13.2. The minimum absolute atomic E-state index is 0.207. The lowest BCUT2D eigenvalue weighted by molar-refractivity contribution is -0.170. The van der Waals surface area contributed by atoms with Crippen molar-refractivity contribution in [2.75, 3.05) is 6.61 Å². The Balaban J connectivity index is 1.41. The van der Waals surface area contributed by atoms with Crippen molar-refractivity contribution in [2.24, 2.45) is 23.2 Å². The SMILES string of the molecule is O=C(COC(=O)C12CC3CC(CC(C3)C1)C2)c1cccc(F)c1. The molecule has 0 amide bonds. The largest absolute Gasteiger partial charge is 0.457 e. The molecule has 122 valence electrons. The van der Waals surface area contributed by atoms with Crippen molar-refractivity contribution in [2.45, 2.75) is 38.5 Å². The fraction of sp³-hybridized carbons (Fsp3) is 0.579. The van der Waals surface area contributed by atoms with Crippen molar-refractivity contribution in [3.63, 3.8) is 0 Å². The Bertz CT molecular complexity index is 616. The third kappa shape index (κ3) is 2.68. The fourth-order valence-electron chi connectivity index (χ4n) is 5.39. The predicted molar refractivity (Wildman–Crippen MR) is 82.3 cm³/mol. The third-order valence-corrected chi connectivity index (χ3v) is 5.95. The lowest BCUT2D eigenvalue weighted by Crippen LogP contribution is -2.50. The van der Waals surface area contributed by atoms with Gasteiger partial charge in [-0.2, -0.15) is 0 Å². The summed E-state index contributed by atoms with van der Waals surface area (Å²) in [6.07, 6.45) is 6.54. The monoisotopic (exact) mass is 316 g/mol. The van der Waals surface area contributed by atoms with Crippen molar-refractivity contribution in [1.29, 1.82) is 0 Å². The summed E-state index contributed by atoms with van der Waals surface area (Å²) >= 11 is 0. The van der Waals surface area contributed by atoms with Crippen LogP contribution in [-0.2, 0) is 9.53 Å².